The van der Waals surface area contributed by atoms with Crippen molar-refractivity contribution in [2.75, 3.05) is 26.3 Å². The van der Waals surface area contributed by atoms with Gasteiger partial charge in [0.05, 0.1) is 41.3 Å². The average molecular weight is 432 g/mol. The summed E-state index contributed by atoms with van der Waals surface area (Å²) in [5.74, 6) is -2.09. The Morgan fingerprint density at radius 3 is 2.33 bits per heavy atom. The Balaban J connectivity index is 1.59. The molecule has 2 amide bonds. The molecule has 0 bridgehead atoms. The largest absolute Gasteiger partial charge is 0.378 e. The van der Waals surface area contributed by atoms with Gasteiger partial charge in [-0.1, -0.05) is 18.2 Å². The molecule has 8 nitrogen and oxygen atoms in total. The molecule has 1 aromatic carbocycles. The van der Waals surface area contributed by atoms with E-state index in [-0.39, 0.29) is 23.6 Å². The van der Waals surface area contributed by atoms with Crippen molar-refractivity contribution in [3.8, 4) is 6.07 Å². The van der Waals surface area contributed by atoms with Crippen molar-refractivity contribution < 1.29 is 22.7 Å². The Bertz CT molecular complexity index is 962. The van der Waals surface area contributed by atoms with Gasteiger partial charge in [0.1, 0.15) is 5.54 Å². The lowest BCUT2D eigenvalue weighted by Gasteiger charge is -2.31. The summed E-state index contributed by atoms with van der Waals surface area (Å²) >= 11 is 0. The van der Waals surface area contributed by atoms with E-state index in [4.69, 9.17) is 4.74 Å². The summed E-state index contributed by atoms with van der Waals surface area (Å²) < 4.78 is 31.6. The first-order valence-corrected chi connectivity index (χ1v) is 11.8. The minimum Gasteiger partial charge on any atom is -0.378 e. The number of benzene rings is 1. The van der Waals surface area contributed by atoms with Crippen LogP contribution >= 0.6 is 0 Å². The molecule has 3 aliphatic rings. The van der Waals surface area contributed by atoms with E-state index >= 15 is 0 Å². The molecular weight excluding hydrogens is 406 g/mol. The van der Waals surface area contributed by atoms with E-state index in [9.17, 15) is 23.3 Å². The molecule has 2 saturated carbocycles. The van der Waals surface area contributed by atoms with Gasteiger partial charge in [0, 0.05) is 13.1 Å². The van der Waals surface area contributed by atoms with Gasteiger partial charge in [-0.05, 0) is 37.8 Å². The van der Waals surface area contributed by atoms with Gasteiger partial charge in [-0.15, -0.1) is 0 Å². The van der Waals surface area contributed by atoms with Crippen LogP contribution < -0.4 is 5.32 Å². The second kappa shape index (κ2) is 8.00. The normalized spacial score (nSPS) is 27.8. The van der Waals surface area contributed by atoms with Crippen molar-refractivity contribution in [3.63, 3.8) is 0 Å². The number of morpholine rings is 1. The highest BCUT2D eigenvalue weighted by Gasteiger charge is 2.52. The zero-order valence-electron chi connectivity index (χ0n) is 16.6. The standard InChI is InChI=1S/C21H25N3O5S/c22-14-21(6-7-21)23-19(25)17-12-16(30(27,28)15-4-2-1-3-5-15)13-18(17)20(26)24-8-10-29-11-9-24/h1-5,16-18H,6-13H2,(H,23,25). The van der Waals surface area contributed by atoms with Crippen molar-refractivity contribution in [3.05, 3.63) is 30.3 Å². The fraction of sp³-hybridized carbons (Fsp3) is 0.571. The first-order chi connectivity index (χ1) is 14.4. The molecule has 1 aromatic rings. The molecule has 1 saturated heterocycles. The Hall–Kier alpha value is -2.44. The van der Waals surface area contributed by atoms with Gasteiger partial charge in [0.2, 0.25) is 11.8 Å². The van der Waals surface area contributed by atoms with Crippen molar-refractivity contribution in [2.45, 2.75) is 41.4 Å². The highest BCUT2D eigenvalue weighted by molar-refractivity contribution is 7.92. The number of rotatable bonds is 5. The first-order valence-electron chi connectivity index (χ1n) is 10.2. The van der Waals surface area contributed by atoms with Crippen molar-refractivity contribution >= 4 is 21.7 Å². The highest BCUT2D eigenvalue weighted by atomic mass is 32.2. The predicted molar refractivity (Wildman–Crippen MR) is 107 cm³/mol. The summed E-state index contributed by atoms with van der Waals surface area (Å²) in [6.45, 7) is 1.72. The molecular formula is C21H25N3O5S. The van der Waals surface area contributed by atoms with Crippen LogP contribution in [0.15, 0.2) is 35.2 Å². The maximum absolute atomic E-state index is 13.2. The number of hydrogen-bond donors (Lipinski definition) is 1. The molecule has 1 heterocycles. The molecule has 160 valence electrons. The van der Waals surface area contributed by atoms with Crippen LogP contribution in [0, 0.1) is 23.2 Å². The zero-order chi connectivity index (χ0) is 21.4. The third kappa shape index (κ3) is 3.94. The minimum atomic E-state index is -3.68. The van der Waals surface area contributed by atoms with Crippen molar-refractivity contribution in [1.82, 2.24) is 10.2 Å². The smallest absolute Gasteiger partial charge is 0.226 e. The Labute approximate surface area is 176 Å². The Morgan fingerprint density at radius 1 is 1.10 bits per heavy atom. The first kappa shape index (κ1) is 20.8. The van der Waals surface area contributed by atoms with E-state index in [1.807, 2.05) is 0 Å². The maximum atomic E-state index is 13.2. The van der Waals surface area contributed by atoms with Crippen LogP contribution in [0.1, 0.15) is 25.7 Å². The fourth-order valence-corrected chi connectivity index (χ4v) is 6.19. The summed E-state index contributed by atoms with van der Waals surface area (Å²) in [5, 5.41) is 11.3. The maximum Gasteiger partial charge on any atom is 0.226 e. The van der Waals surface area contributed by atoms with Crippen LogP contribution in [0.25, 0.3) is 0 Å². The van der Waals surface area contributed by atoms with E-state index in [2.05, 4.69) is 11.4 Å². The van der Waals surface area contributed by atoms with E-state index in [0.29, 0.717) is 39.1 Å². The molecule has 0 radical (unpaired) electrons. The third-order valence-electron chi connectivity index (χ3n) is 6.33. The van der Waals surface area contributed by atoms with Gasteiger partial charge in [-0.3, -0.25) is 9.59 Å². The Morgan fingerprint density at radius 2 is 1.73 bits per heavy atom. The lowest BCUT2D eigenvalue weighted by Crippen LogP contribution is -2.48. The lowest BCUT2D eigenvalue weighted by molar-refractivity contribution is -0.144. The number of nitrogens with one attached hydrogen (secondary N) is 1. The Kier molecular flexibility index (Phi) is 5.55. The molecule has 0 spiro atoms. The second-order valence-electron chi connectivity index (χ2n) is 8.29. The van der Waals surface area contributed by atoms with Gasteiger partial charge in [-0.2, -0.15) is 5.26 Å². The second-order valence-corrected chi connectivity index (χ2v) is 10.5. The molecule has 0 aromatic heterocycles. The molecule has 4 rings (SSSR count). The number of ether oxygens (including phenoxy) is 1. The van der Waals surface area contributed by atoms with Crippen LogP contribution in [0.2, 0.25) is 0 Å². The van der Waals surface area contributed by atoms with Crippen LogP contribution in [-0.4, -0.2) is 62.2 Å². The number of carbonyl (C=O) groups is 2. The predicted octanol–water partition coefficient (Wildman–Crippen LogP) is 0.886. The number of carbonyl (C=O) groups excluding carboxylic acids is 2. The van der Waals surface area contributed by atoms with E-state index in [1.54, 1.807) is 23.1 Å². The fourth-order valence-electron chi connectivity index (χ4n) is 4.35. The quantitative estimate of drug-likeness (QED) is 0.740. The minimum absolute atomic E-state index is 0.0747. The van der Waals surface area contributed by atoms with Crippen LogP contribution in [0.3, 0.4) is 0 Å². The van der Waals surface area contributed by atoms with E-state index in [1.165, 1.54) is 12.1 Å². The van der Waals surface area contributed by atoms with Gasteiger partial charge < -0.3 is 15.0 Å². The van der Waals surface area contributed by atoms with Gasteiger partial charge >= 0.3 is 0 Å². The van der Waals surface area contributed by atoms with Gasteiger partial charge in [-0.25, -0.2) is 8.42 Å². The summed E-state index contributed by atoms with van der Waals surface area (Å²) in [6, 6.07) is 10.3. The summed E-state index contributed by atoms with van der Waals surface area (Å²) in [4.78, 5) is 28.1. The van der Waals surface area contributed by atoms with Crippen molar-refractivity contribution in [2.24, 2.45) is 11.8 Å². The molecule has 3 unspecified atom stereocenters. The molecule has 30 heavy (non-hydrogen) atoms. The van der Waals surface area contributed by atoms with Gasteiger partial charge in [0.25, 0.3) is 0 Å². The SMILES string of the molecule is N#CC1(NC(=O)C2CC(S(=O)(=O)c3ccccc3)CC2C(=O)N2CCOCC2)CC1. The van der Waals surface area contributed by atoms with Gasteiger partial charge in [0.15, 0.2) is 9.84 Å². The number of nitriles is 1. The topological polar surface area (TPSA) is 117 Å². The summed E-state index contributed by atoms with van der Waals surface area (Å²) in [7, 11) is -3.68. The monoisotopic (exact) mass is 431 g/mol. The lowest BCUT2D eigenvalue weighted by atomic mass is 9.93. The third-order valence-corrected chi connectivity index (χ3v) is 8.52. The number of nitrogens with zero attached hydrogens (tertiary/aromatic N) is 2. The molecule has 1 aliphatic heterocycles. The summed E-state index contributed by atoms with van der Waals surface area (Å²) in [5.41, 5.74) is -0.861. The average Bonchev–Trinajstić information content (AvgIpc) is 3.39. The molecule has 3 fully saturated rings. The molecule has 3 atom stereocenters. The van der Waals surface area contributed by atoms with E-state index in [0.717, 1.165) is 0 Å². The van der Waals surface area contributed by atoms with Crippen LogP contribution in [0.5, 0.6) is 0 Å². The number of sulfone groups is 1. The number of amides is 2. The molecule has 1 N–H and O–H groups in total. The number of hydrogen-bond acceptors (Lipinski definition) is 6. The summed E-state index contributed by atoms with van der Waals surface area (Å²) in [6.07, 6.45) is 1.34. The van der Waals surface area contributed by atoms with Crippen molar-refractivity contribution in [1.29, 1.82) is 5.26 Å². The van der Waals surface area contributed by atoms with E-state index < -0.39 is 38.4 Å². The molecule has 9 heteroatoms. The zero-order valence-corrected chi connectivity index (χ0v) is 17.4. The highest BCUT2D eigenvalue weighted by Crippen LogP contribution is 2.41. The van der Waals surface area contributed by atoms with Crippen LogP contribution in [0.4, 0.5) is 0 Å². The molecule has 2 aliphatic carbocycles. The van der Waals surface area contributed by atoms with Crippen LogP contribution in [-0.2, 0) is 24.2 Å².